The van der Waals surface area contributed by atoms with E-state index in [9.17, 15) is 8.42 Å². The highest BCUT2D eigenvalue weighted by Gasteiger charge is 2.40. The van der Waals surface area contributed by atoms with Gasteiger partial charge in [-0.05, 0) is 52.3 Å². The van der Waals surface area contributed by atoms with Crippen molar-refractivity contribution in [2.24, 2.45) is 4.99 Å². The molecule has 0 radical (unpaired) electrons. The van der Waals surface area contributed by atoms with Crippen molar-refractivity contribution in [3.8, 4) is 5.75 Å². The molecule has 1 aliphatic heterocycles. The molecule has 0 aliphatic carbocycles. The molecule has 1 saturated heterocycles. The van der Waals surface area contributed by atoms with Crippen LogP contribution in [0, 0.1) is 6.92 Å². The van der Waals surface area contributed by atoms with E-state index in [4.69, 9.17) is 4.74 Å². The SMILES string of the molecule is CCNC(=NCC(C)Oc1cccc(C)c1)N1CCS(=O)(=O)C(C)(C)C1.I. The first-order chi connectivity index (χ1) is 12.1. The molecule has 154 valence electrons. The van der Waals surface area contributed by atoms with Crippen LogP contribution in [0.25, 0.3) is 0 Å². The van der Waals surface area contributed by atoms with Gasteiger partial charge in [-0.15, -0.1) is 24.0 Å². The summed E-state index contributed by atoms with van der Waals surface area (Å²) < 4.78 is 29.6. The summed E-state index contributed by atoms with van der Waals surface area (Å²) in [6.45, 7) is 11.7. The van der Waals surface area contributed by atoms with Gasteiger partial charge in [-0.25, -0.2) is 13.4 Å². The van der Waals surface area contributed by atoms with E-state index in [0.717, 1.165) is 23.8 Å². The zero-order valence-corrected chi connectivity index (χ0v) is 20.0. The average Bonchev–Trinajstić information content (AvgIpc) is 2.54. The normalized spacial score (nSPS) is 19.7. The summed E-state index contributed by atoms with van der Waals surface area (Å²) in [4.78, 5) is 6.71. The molecular formula is C19H32IN3O3S. The monoisotopic (exact) mass is 509 g/mol. The van der Waals surface area contributed by atoms with Gasteiger partial charge in [0.25, 0.3) is 0 Å². The molecule has 1 atom stereocenters. The lowest BCUT2D eigenvalue weighted by Gasteiger charge is -2.39. The fourth-order valence-electron chi connectivity index (χ4n) is 2.92. The van der Waals surface area contributed by atoms with Crippen LogP contribution in [0.3, 0.4) is 0 Å². The molecule has 1 heterocycles. The highest BCUT2D eigenvalue weighted by Crippen LogP contribution is 2.23. The minimum absolute atomic E-state index is 0. The lowest BCUT2D eigenvalue weighted by Crippen LogP contribution is -2.57. The Morgan fingerprint density at radius 1 is 1.41 bits per heavy atom. The summed E-state index contributed by atoms with van der Waals surface area (Å²) in [7, 11) is -3.07. The Hall–Kier alpha value is -1.03. The summed E-state index contributed by atoms with van der Waals surface area (Å²) in [5.74, 6) is 1.73. The fourth-order valence-corrected chi connectivity index (χ4v) is 4.29. The zero-order valence-electron chi connectivity index (χ0n) is 16.9. The highest BCUT2D eigenvalue weighted by molar-refractivity contribution is 14.0. The number of hydrogen-bond acceptors (Lipinski definition) is 4. The first-order valence-corrected chi connectivity index (χ1v) is 10.8. The summed E-state index contributed by atoms with van der Waals surface area (Å²) in [5.41, 5.74) is 1.16. The van der Waals surface area contributed by atoms with Crippen molar-refractivity contribution in [2.75, 3.05) is 31.9 Å². The molecule has 0 saturated carbocycles. The van der Waals surface area contributed by atoms with Crippen molar-refractivity contribution in [2.45, 2.75) is 45.5 Å². The number of aliphatic imine (C=N–C) groups is 1. The number of sulfone groups is 1. The number of nitrogens with one attached hydrogen (secondary N) is 1. The maximum atomic E-state index is 12.2. The molecule has 1 aromatic carbocycles. The molecule has 0 bridgehead atoms. The third kappa shape index (κ3) is 6.51. The standard InChI is InChI=1S/C19H31N3O3S.HI/c1-6-20-18(22-10-11-26(23,24)19(4,5)14-22)21-13-16(3)25-17-9-7-8-15(2)12-17;/h7-9,12,16H,6,10-11,13-14H2,1-5H3,(H,20,21);1H. The van der Waals surface area contributed by atoms with Gasteiger partial charge in [0.2, 0.25) is 0 Å². The van der Waals surface area contributed by atoms with Crippen LogP contribution in [0.4, 0.5) is 0 Å². The van der Waals surface area contributed by atoms with Gasteiger partial charge in [-0.2, -0.15) is 0 Å². The van der Waals surface area contributed by atoms with Crippen LogP contribution in [0.1, 0.15) is 33.3 Å². The van der Waals surface area contributed by atoms with Crippen LogP contribution >= 0.6 is 24.0 Å². The lowest BCUT2D eigenvalue weighted by atomic mass is 10.2. The number of halogens is 1. The van der Waals surface area contributed by atoms with Gasteiger partial charge in [0.15, 0.2) is 15.8 Å². The van der Waals surface area contributed by atoms with Crippen molar-refractivity contribution in [1.29, 1.82) is 0 Å². The second-order valence-electron chi connectivity index (χ2n) is 7.44. The molecule has 0 spiro atoms. The van der Waals surface area contributed by atoms with Gasteiger partial charge in [0.05, 0.1) is 17.0 Å². The molecule has 1 fully saturated rings. The van der Waals surface area contributed by atoms with Crippen molar-refractivity contribution < 1.29 is 13.2 Å². The number of aryl methyl sites for hydroxylation is 1. The fraction of sp³-hybridized carbons (Fsp3) is 0.632. The lowest BCUT2D eigenvalue weighted by molar-refractivity contribution is 0.229. The van der Waals surface area contributed by atoms with E-state index >= 15 is 0 Å². The van der Waals surface area contributed by atoms with E-state index in [-0.39, 0.29) is 35.8 Å². The van der Waals surface area contributed by atoms with Crippen LogP contribution in [0.2, 0.25) is 0 Å². The Labute approximate surface area is 180 Å². The minimum Gasteiger partial charge on any atom is -0.489 e. The molecule has 1 N–H and O–H groups in total. The van der Waals surface area contributed by atoms with Crippen LogP contribution < -0.4 is 10.1 Å². The average molecular weight is 509 g/mol. The second kappa shape index (κ2) is 9.95. The number of hydrogen-bond donors (Lipinski definition) is 1. The van der Waals surface area contributed by atoms with Crippen LogP contribution in [-0.4, -0.2) is 62.1 Å². The zero-order chi connectivity index (χ0) is 19.4. The predicted molar refractivity (Wildman–Crippen MR) is 122 cm³/mol. The van der Waals surface area contributed by atoms with Crippen molar-refractivity contribution in [1.82, 2.24) is 10.2 Å². The van der Waals surface area contributed by atoms with Gasteiger partial charge < -0.3 is 15.0 Å². The molecule has 1 aromatic rings. The van der Waals surface area contributed by atoms with E-state index < -0.39 is 14.6 Å². The van der Waals surface area contributed by atoms with E-state index in [1.165, 1.54) is 0 Å². The van der Waals surface area contributed by atoms with Crippen LogP contribution in [0.15, 0.2) is 29.3 Å². The van der Waals surface area contributed by atoms with Gasteiger partial charge in [0.1, 0.15) is 11.9 Å². The maximum absolute atomic E-state index is 12.2. The van der Waals surface area contributed by atoms with Crippen molar-refractivity contribution >= 4 is 39.8 Å². The molecule has 1 aliphatic rings. The largest absolute Gasteiger partial charge is 0.489 e. The molecular weight excluding hydrogens is 477 g/mol. The quantitative estimate of drug-likeness (QED) is 0.376. The summed E-state index contributed by atoms with van der Waals surface area (Å²) in [6.07, 6.45) is -0.0769. The van der Waals surface area contributed by atoms with Gasteiger partial charge in [-0.1, -0.05) is 12.1 Å². The molecule has 6 nitrogen and oxygen atoms in total. The van der Waals surface area contributed by atoms with E-state index in [0.29, 0.717) is 19.6 Å². The first-order valence-electron chi connectivity index (χ1n) is 9.13. The van der Waals surface area contributed by atoms with Gasteiger partial charge in [-0.3, -0.25) is 0 Å². The third-order valence-electron chi connectivity index (χ3n) is 4.50. The van der Waals surface area contributed by atoms with E-state index in [1.807, 2.05) is 49.9 Å². The smallest absolute Gasteiger partial charge is 0.194 e. The molecule has 1 unspecified atom stereocenters. The third-order valence-corrected chi connectivity index (χ3v) is 7.04. The van der Waals surface area contributed by atoms with Crippen LogP contribution in [0.5, 0.6) is 5.75 Å². The number of benzene rings is 1. The molecule has 8 heteroatoms. The maximum Gasteiger partial charge on any atom is 0.194 e. The molecule has 0 aromatic heterocycles. The predicted octanol–water partition coefficient (Wildman–Crippen LogP) is 2.85. The second-order valence-corrected chi connectivity index (χ2v) is 10.2. The molecule has 2 rings (SSSR count). The van der Waals surface area contributed by atoms with Crippen molar-refractivity contribution in [3.63, 3.8) is 0 Å². The Morgan fingerprint density at radius 2 is 2.11 bits per heavy atom. The summed E-state index contributed by atoms with van der Waals surface area (Å²) in [5, 5.41) is 3.27. The minimum atomic E-state index is -3.07. The Morgan fingerprint density at radius 3 is 2.70 bits per heavy atom. The van der Waals surface area contributed by atoms with E-state index in [1.54, 1.807) is 13.8 Å². The van der Waals surface area contributed by atoms with Crippen LogP contribution in [-0.2, 0) is 9.84 Å². The summed E-state index contributed by atoms with van der Waals surface area (Å²) >= 11 is 0. The Balaban J connectivity index is 0.00000364. The highest BCUT2D eigenvalue weighted by atomic mass is 127. The number of nitrogens with zero attached hydrogens (tertiary/aromatic N) is 2. The van der Waals surface area contributed by atoms with Gasteiger partial charge >= 0.3 is 0 Å². The number of rotatable bonds is 5. The Kier molecular flexibility index (Phi) is 8.85. The number of ether oxygens (including phenoxy) is 1. The molecule has 0 amide bonds. The van der Waals surface area contributed by atoms with Gasteiger partial charge in [0, 0.05) is 19.6 Å². The Bertz CT molecular complexity index is 750. The first kappa shape index (κ1) is 24.0. The van der Waals surface area contributed by atoms with E-state index in [2.05, 4.69) is 10.3 Å². The van der Waals surface area contributed by atoms with Crippen molar-refractivity contribution in [3.05, 3.63) is 29.8 Å². The number of guanidine groups is 1. The topological polar surface area (TPSA) is 71.0 Å². The molecule has 27 heavy (non-hydrogen) atoms. The summed E-state index contributed by atoms with van der Waals surface area (Å²) in [6, 6.07) is 7.95.